The van der Waals surface area contributed by atoms with E-state index >= 15 is 0 Å². The van der Waals surface area contributed by atoms with Crippen molar-refractivity contribution in [1.29, 1.82) is 0 Å². The fraction of sp³-hybridized carbons (Fsp3) is 0.667. The van der Waals surface area contributed by atoms with Crippen molar-refractivity contribution in [3.05, 3.63) is 0 Å². The Morgan fingerprint density at radius 1 is 1.56 bits per heavy atom. The Morgan fingerprint density at radius 3 is 2.44 bits per heavy atom. The Balaban J connectivity index is 0.000000288. The SMILES string of the molecule is CCCCC(N)C(=O)O.O=C1CNC(=O)N1. The van der Waals surface area contributed by atoms with Crippen LogP contribution < -0.4 is 16.4 Å². The lowest BCUT2D eigenvalue weighted by Gasteiger charge is -2.02. The van der Waals surface area contributed by atoms with Gasteiger partial charge >= 0.3 is 12.0 Å². The molecule has 1 aliphatic heterocycles. The molecule has 1 saturated heterocycles. The second-order valence-electron chi connectivity index (χ2n) is 3.32. The lowest BCUT2D eigenvalue weighted by atomic mass is 10.1. The van der Waals surface area contributed by atoms with Crippen LogP contribution in [0.4, 0.5) is 4.79 Å². The molecular weight excluding hydrogens is 214 g/mol. The van der Waals surface area contributed by atoms with Crippen LogP contribution in [0, 0.1) is 0 Å². The molecule has 1 atom stereocenters. The number of unbranched alkanes of at least 4 members (excludes halogenated alkanes) is 1. The number of hydrogen-bond acceptors (Lipinski definition) is 4. The summed E-state index contributed by atoms with van der Waals surface area (Å²) in [5.74, 6) is -1.16. The van der Waals surface area contributed by atoms with Gasteiger partial charge < -0.3 is 16.2 Å². The summed E-state index contributed by atoms with van der Waals surface area (Å²) in [6.45, 7) is 2.13. The highest BCUT2D eigenvalue weighted by Crippen LogP contribution is 1.96. The summed E-state index contributed by atoms with van der Waals surface area (Å²) in [5, 5.41) is 12.6. The second kappa shape index (κ2) is 7.63. The minimum atomic E-state index is -0.900. The van der Waals surface area contributed by atoms with Gasteiger partial charge in [-0.1, -0.05) is 19.8 Å². The summed E-state index contributed by atoms with van der Waals surface area (Å²) in [5.41, 5.74) is 5.20. The Hall–Kier alpha value is -1.63. The van der Waals surface area contributed by atoms with Crippen LogP contribution >= 0.6 is 0 Å². The largest absolute Gasteiger partial charge is 0.480 e. The first kappa shape index (κ1) is 14.4. The van der Waals surface area contributed by atoms with Gasteiger partial charge in [-0.3, -0.25) is 14.9 Å². The number of carbonyl (C=O) groups is 3. The molecule has 0 bridgehead atoms. The predicted molar refractivity (Wildman–Crippen MR) is 56.7 cm³/mol. The number of amides is 3. The smallest absolute Gasteiger partial charge is 0.321 e. The third-order valence-electron chi connectivity index (χ3n) is 1.85. The van der Waals surface area contributed by atoms with Crippen LogP contribution in [0.15, 0.2) is 0 Å². The molecule has 7 heteroatoms. The number of hydrogen-bond donors (Lipinski definition) is 4. The minimum Gasteiger partial charge on any atom is -0.480 e. The van der Waals surface area contributed by atoms with Gasteiger partial charge in [-0.2, -0.15) is 0 Å². The molecule has 1 heterocycles. The molecule has 0 saturated carbocycles. The Morgan fingerprint density at radius 2 is 2.19 bits per heavy atom. The van der Waals surface area contributed by atoms with Crippen LogP contribution in [-0.4, -0.2) is 35.6 Å². The molecule has 0 spiro atoms. The van der Waals surface area contributed by atoms with E-state index in [2.05, 4.69) is 5.32 Å². The van der Waals surface area contributed by atoms with Crippen LogP contribution in [-0.2, 0) is 9.59 Å². The van der Waals surface area contributed by atoms with Crippen LogP contribution in [0.25, 0.3) is 0 Å². The van der Waals surface area contributed by atoms with Gasteiger partial charge in [-0.15, -0.1) is 0 Å². The number of carboxylic acids is 1. The Labute approximate surface area is 93.4 Å². The maximum atomic E-state index is 10.1. The van der Waals surface area contributed by atoms with E-state index in [0.29, 0.717) is 6.42 Å². The van der Waals surface area contributed by atoms with Crippen LogP contribution in [0.5, 0.6) is 0 Å². The van der Waals surface area contributed by atoms with Crippen molar-refractivity contribution in [2.75, 3.05) is 6.54 Å². The predicted octanol–water partition coefficient (Wildman–Crippen LogP) is -0.586. The van der Waals surface area contributed by atoms with Crippen molar-refractivity contribution in [2.45, 2.75) is 32.2 Å². The summed E-state index contributed by atoms with van der Waals surface area (Å²) in [4.78, 5) is 30.1. The number of carbonyl (C=O) groups excluding carboxylic acids is 2. The maximum absolute atomic E-state index is 10.1. The number of nitrogens with two attached hydrogens (primary N) is 1. The molecule has 0 radical (unpaired) electrons. The van der Waals surface area contributed by atoms with Gasteiger partial charge in [0.05, 0.1) is 6.54 Å². The third-order valence-corrected chi connectivity index (χ3v) is 1.85. The van der Waals surface area contributed by atoms with Crippen molar-refractivity contribution < 1.29 is 19.5 Å². The molecule has 3 amide bonds. The first-order chi connectivity index (χ1) is 7.47. The third kappa shape index (κ3) is 6.77. The number of urea groups is 1. The van der Waals surface area contributed by atoms with Crippen molar-refractivity contribution in [3.63, 3.8) is 0 Å². The van der Waals surface area contributed by atoms with Crippen molar-refractivity contribution in [1.82, 2.24) is 10.6 Å². The number of carboxylic acid groups (broad SMARTS) is 1. The number of imide groups is 1. The fourth-order valence-electron chi connectivity index (χ4n) is 0.923. The first-order valence-corrected chi connectivity index (χ1v) is 5.03. The zero-order valence-electron chi connectivity index (χ0n) is 9.16. The normalized spacial score (nSPS) is 15.6. The summed E-state index contributed by atoms with van der Waals surface area (Å²) in [6, 6.07) is -1.06. The lowest BCUT2D eigenvalue weighted by molar-refractivity contribution is -0.138. The van der Waals surface area contributed by atoms with Crippen LogP contribution in [0.2, 0.25) is 0 Å². The van der Waals surface area contributed by atoms with E-state index in [4.69, 9.17) is 10.8 Å². The monoisotopic (exact) mass is 231 g/mol. The van der Waals surface area contributed by atoms with Crippen LogP contribution in [0.1, 0.15) is 26.2 Å². The molecular formula is C9H17N3O4. The van der Waals surface area contributed by atoms with Crippen molar-refractivity contribution in [2.24, 2.45) is 5.73 Å². The van der Waals surface area contributed by atoms with Crippen molar-refractivity contribution >= 4 is 17.9 Å². The highest BCUT2D eigenvalue weighted by atomic mass is 16.4. The zero-order chi connectivity index (χ0) is 12.6. The molecule has 0 aliphatic carbocycles. The van der Waals surface area contributed by atoms with Gasteiger partial charge in [0, 0.05) is 0 Å². The van der Waals surface area contributed by atoms with E-state index in [1.807, 2.05) is 12.2 Å². The van der Waals surface area contributed by atoms with Crippen LogP contribution in [0.3, 0.4) is 0 Å². The number of rotatable bonds is 4. The van der Waals surface area contributed by atoms with Gasteiger partial charge in [0.15, 0.2) is 0 Å². The van der Waals surface area contributed by atoms with E-state index in [0.717, 1.165) is 12.8 Å². The van der Waals surface area contributed by atoms with Gasteiger partial charge in [-0.05, 0) is 6.42 Å². The van der Waals surface area contributed by atoms with Gasteiger partial charge in [0.2, 0.25) is 5.91 Å². The van der Waals surface area contributed by atoms with E-state index in [9.17, 15) is 14.4 Å². The Bertz CT molecular complexity index is 253. The highest BCUT2D eigenvalue weighted by Gasteiger charge is 2.14. The molecule has 5 N–H and O–H groups in total. The average molecular weight is 231 g/mol. The molecule has 1 rings (SSSR count). The van der Waals surface area contributed by atoms with E-state index in [1.54, 1.807) is 0 Å². The van der Waals surface area contributed by atoms with Gasteiger partial charge in [0.1, 0.15) is 6.04 Å². The van der Waals surface area contributed by atoms with Crippen molar-refractivity contribution in [3.8, 4) is 0 Å². The molecule has 1 fully saturated rings. The van der Waals surface area contributed by atoms with Gasteiger partial charge in [-0.25, -0.2) is 4.79 Å². The molecule has 0 aromatic rings. The molecule has 1 unspecified atom stereocenters. The van der Waals surface area contributed by atoms with E-state index in [-0.39, 0.29) is 12.5 Å². The molecule has 92 valence electrons. The molecule has 0 aromatic heterocycles. The molecule has 16 heavy (non-hydrogen) atoms. The zero-order valence-corrected chi connectivity index (χ0v) is 9.16. The number of nitrogens with one attached hydrogen (secondary N) is 2. The summed E-state index contributed by atoms with van der Waals surface area (Å²) in [6.07, 6.45) is 2.49. The molecule has 7 nitrogen and oxygen atoms in total. The highest BCUT2D eigenvalue weighted by molar-refractivity contribution is 6.01. The standard InChI is InChI=1S/C6H13NO2.C3H4N2O2/c1-2-3-4-5(7)6(8)9;6-2-1-4-3(7)5-2/h5H,2-4,7H2,1H3,(H,8,9);1H2,(H2,4,5,6,7). The first-order valence-electron chi connectivity index (χ1n) is 5.03. The summed E-state index contributed by atoms with van der Waals surface area (Å²) >= 11 is 0. The Kier molecular flexibility index (Phi) is 6.86. The van der Waals surface area contributed by atoms with E-state index in [1.165, 1.54) is 0 Å². The molecule has 1 aliphatic rings. The van der Waals surface area contributed by atoms with E-state index < -0.39 is 18.0 Å². The maximum Gasteiger partial charge on any atom is 0.321 e. The van der Waals surface area contributed by atoms with Gasteiger partial charge in [0.25, 0.3) is 0 Å². The average Bonchev–Trinajstić information content (AvgIpc) is 2.59. The minimum absolute atomic E-state index is 0.124. The molecule has 0 aromatic carbocycles. The fourth-order valence-corrected chi connectivity index (χ4v) is 0.923. The lowest BCUT2D eigenvalue weighted by Crippen LogP contribution is -2.29. The summed E-state index contributed by atoms with van der Waals surface area (Å²) in [7, 11) is 0. The quantitative estimate of drug-likeness (QED) is 0.482. The number of aliphatic carboxylic acids is 1. The second-order valence-corrected chi connectivity index (χ2v) is 3.32. The summed E-state index contributed by atoms with van der Waals surface area (Å²) < 4.78 is 0. The topological polar surface area (TPSA) is 122 Å².